The van der Waals surface area contributed by atoms with Gasteiger partial charge in [-0.15, -0.1) is 0 Å². The molecule has 0 bridgehead atoms. The molecule has 3 aromatic carbocycles. The Hall–Kier alpha value is -3.51. The predicted octanol–water partition coefficient (Wildman–Crippen LogP) is 5.55. The maximum atomic E-state index is 12.3. The Morgan fingerprint density at radius 1 is 0.933 bits per heavy atom. The molecule has 0 aliphatic carbocycles. The highest BCUT2D eigenvalue weighted by Gasteiger charge is 2.13. The summed E-state index contributed by atoms with van der Waals surface area (Å²) in [6.07, 6.45) is 0. The number of rotatable bonds is 3. The molecule has 4 aromatic rings. The smallest absolute Gasteiger partial charge is 0.257 e. The van der Waals surface area contributed by atoms with E-state index in [1.54, 1.807) is 12.1 Å². The van der Waals surface area contributed by atoms with Gasteiger partial charge in [-0.05, 0) is 86.1 Å². The molecule has 0 unspecified atom stereocenters. The SMILES string of the molecule is Cc1cc2nc(-c3ccc(C)c(NC(=S)NC(=O)c4ccccc4)c3)oc2cc1C. The van der Waals surface area contributed by atoms with E-state index in [2.05, 4.69) is 29.5 Å². The maximum Gasteiger partial charge on any atom is 0.257 e. The zero-order valence-corrected chi connectivity index (χ0v) is 17.8. The first-order chi connectivity index (χ1) is 14.4. The normalized spacial score (nSPS) is 10.8. The Morgan fingerprint density at radius 3 is 2.43 bits per heavy atom. The second-order valence-electron chi connectivity index (χ2n) is 7.23. The lowest BCUT2D eigenvalue weighted by molar-refractivity contribution is 0.0977. The summed E-state index contributed by atoms with van der Waals surface area (Å²) in [6.45, 7) is 6.07. The van der Waals surface area contributed by atoms with Crippen LogP contribution in [0.5, 0.6) is 0 Å². The average molecular weight is 416 g/mol. The quantitative estimate of drug-likeness (QED) is 0.430. The largest absolute Gasteiger partial charge is 0.436 e. The molecule has 1 heterocycles. The molecule has 6 heteroatoms. The van der Waals surface area contributed by atoms with Crippen molar-refractivity contribution in [3.05, 3.63) is 82.9 Å². The summed E-state index contributed by atoms with van der Waals surface area (Å²) in [6, 6.07) is 18.8. The molecule has 0 atom stereocenters. The van der Waals surface area contributed by atoms with Gasteiger partial charge in [0.1, 0.15) is 5.52 Å². The van der Waals surface area contributed by atoms with Crippen molar-refractivity contribution < 1.29 is 9.21 Å². The number of nitrogens with one attached hydrogen (secondary N) is 2. The number of oxazole rings is 1. The first-order valence-corrected chi connectivity index (χ1v) is 9.98. The third-order valence-electron chi connectivity index (χ3n) is 5.00. The zero-order valence-electron chi connectivity index (χ0n) is 16.9. The lowest BCUT2D eigenvalue weighted by Crippen LogP contribution is -2.34. The zero-order chi connectivity index (χ0) is 21.3. The topological polar surface area (TPSA) is 67.2 Å². The van der Waals surface area contributed by atoms with Gasteiger partial charge < -0.3 is 9.73 Å². The molecule has 0 aliphatic heterocycles. The summed E-state index contributed by atoms with van der Waals surface area (Å²) in [7, 11) is 0. The van der Waals surface area contributed by atoms with E-state index < -0.39 is 0 Å². The summed E-state index contributed by atoms with van der Waals surface area (Å²) >= 11 is 5.33. The van der Waals surface area contributed by atoms with Gasteiger partial charge in [0.05, 0.1) is 0 Å². The van der Waals surface area contributed by atoms with E-state index in [0.717, 1.165) is 33.5 Å². The van der Waals surface area contributed by atoms with Gasteiger partial charge in [0.15, 0.2) is 10.7 Å². The molecule has 0 fully saturated rings. The van der Waals surface area contributed by atoms with Crippen LogP contribution in [0.3, 0.4) is 0 Å². The highest BCUT2D eigenvalue weighted by atomic mass is 32.1. The number of thiocarbonyl (C=S) groups is 1. The van der Waals surface area contributed by atoms with Crippen LogP contribution < -0.4 is 10.6 Å². The van der Waals surface area contributed by atoms with E-state index in [-0.39, 0.29) is 11.0 Å². The highest BCUT2D eigenvalue weighted by molar-refractivity contribution is 7.80. The Kier molecular flexibility index (Phi) is 5.33. The summed E-state index contributed by atoms with van der Waals surface area (Å²) in [5, 5.41) is 6.04. The molecular formula is C24H21N3O2S. The van der Waals surface area contributed by atoms with Crippen molar-refractivity contribution >= 4 is 40.0 Å². The molecule has 30 heavy (non-hydrogen) atoms. The van der Waals surface area contributed by atoms with Crippen LogP contribution in [0, 0.1) is 20.8 Å². The van der Waals surface area contributed by atoms with Crippen LogP contribution in [-0.4, -0.2) is 16.0 Å². The van der Waals surface area contributed by atoms with E-state index in [1.165, 1.54) is 5.56 Å². The number of carbonyl (C=O) groups is 1. The molecule has 2 N–H and O–H groups in total. The van der Waals surface area contributed by atoms with E-state index in [9.17, 15) is 4.79 Å². The van der Waals surface area contributed by atoms with Crippen LogP contribution >= 0.6 is 12.2 Å². The molecule has 4 rings (SSSR count). The van der Waals surface area contributed by atoms with Crippen molar-refractivity contribution in [1.82, 2.24) is 10.3 Å². The fraction of sp³-hybridized carbons (Fsp3) is 0.125. The maximum absolute atomic E-state index is 12.3. The molecule has 150 valence electrons. The minimum Gasteiger partial charge on any atom is -0.436 e. The lowest BCUT2D eigenvalue weighted by atomic mass is 10.1. The first kappa shape index (κ1) is 19.8. The number of hydrogen-bond acceptors (Lipinski definition) is 4. The molecule has 0 saturated carbocycles. The number of aryl methyl sites for hydroxylation is 3. The first-order valence-electron chi connectivity index (χ1n) is 9.57. The summed E-state index contributed by atoms with van der Waals surface area (Å²) in [5.41, 5.74) is 7.06. The molecule has 0 radical (unpaired) electrons. The second-order valence-corrected chi connectivity index (χ2v) is 7.64. The fourth-order valence-electron chi connectivity index (χ4n) is 3.11. The number of anilines is 1. The molecule has 0 aliphatic rings. The monoisotopic (exact) mass is 415 g/mol. The van der Waals surface area contributed by atoms with Gasteiger partial charge in [-0.25, -0.2) is 4.98 Å². The Balaban J connectivity index is 1.56. The van der Waals surface area contributed by atoms with E-state index >= 15 is 0 Å². The van der Waals surface area contributed by atoms with Gasteiger partial charge >= 0.3 is 0 Å². The molecule has 1 amide bonds. The number of hydrogen-bond donors (Lipinski definition) is 2. The van der Waals surface area contributed by atoms with Crippen LogP contribution in [-0.2, 0) is 0 Å². The van der Waals surface area contributed by atoms with Gasteiger partial charge in [0.2, 0.25) is 5.89 Å². The van der Waals surface area contributed by atoms with Gasteiger partial charge in [-0.3, -0.25) is 10.1 Å². The third kappa shape index (κ3) is 4.09. The summed E-state index contributed by atoms with van der Waals surface area (Å²) in [5.74, 6) is 0.281. The third-order valence-corrected chi connectivity index (χ3v) is 5.20. The summed E-state index contributed by atoms with van der Waals surface area (Å²) < 4.78 is 5.97. The molecule has 0 spiro atoms. The number of aromatic nitrogens is 1. The average Bonchev–Trinajstić information content (AvgIpc) is 3.13. The molecular weight excluding hydrogens is 394 g/mol. The Labute approximate surface area is 180 Å². The minimum atomic E-state index is -0.258. The van der Waals surface area contributed by atoms with Crippen molar-refractivity contribution in [3.8, 4) is 11.5 Å². The van der Waals surface area contributed by atoms with Crippen LogP contribution in [0.4, 0.5) is 5.69 Å². The number of carbonyl (C=O) groups excluding carboxylic acids is 1. The number of benzene rings is 3. The fourth-order valence-corrected chi connectivity index (χ4v) is 3.31. The van der Waals surface area contributed by atoms with Crippen molar-refractivity contribution in [1.29, 1.82) is 0 Å². The number of amides is 1. The number of nitrogens with zero attached hydrogens (tertiary/aromatic N) is 1. The van der Waals surface area contributed by atoms with Crippen molar-refractivity contribution in [2.24, 2.45) is 0 Å². The molecule has 1 aromatic heterocycles. The molecule has 0 saturated heterocycles. The predicted molar refractivity (Wildman–Crippen MR) is 124 cm³/mol. The minimum absolute atomic E-state index is 0.230. The standard InChI is InChI=1S/C24H21N3O2S/c1-14-9-10-18(23-25-20-11-15(2)16(3)12-21(20)29-23)13-19(14)26-24(30)27-22(28)17-7-5-4-6-8-17/h4-13H,1-3H3,(H2,26,27,28,30). The summed E-state index contributed by atoms with van der Waals surface area (Å²) in [4.78, 5) is 16.9. The molecule has 5 nitrogen and oxygen atoms in total. The van der Waals surface area contributed by atoms with Gasteiger partial charge in [-0.2, -0.15) is 0 Å². The van der Waals surface area contributed by atoms with Crippen molar-refractivity contribution in [3.63, 3.8) is 0 Å². The Bertz CT molecular complexity index is 1220. The van der Waals surface area contributed by atoms with Crippen LogP contribution in [0.2, 0.25) is 0 Å². The Morgan fingerprint density at radius 2 is 1.67 bits per heavy atom. The van der Waals surface area contributed by atoms with Crippen LogP contribution in [0.1, 0.15) is 27.0 Å². The van der Waals surface area contributed by atoms with Gasteiger partial charge in [0, 0.05) is 16.8 Å². The van der Waals surface area contributed by atoms with Crippen molar-refractivity contribution in [2.75, 3.05) is 5.32 Å². The number of fused-ring (bicyclic) bond motifs is 1. The lowest BCUT2D eigenvalue weighted by Gasteiger charge is -2.12. The van der Waals surface area contributed by atoms with Crippen LogP contribution in [0.15, 0.2) is 65.1 Å². The van der Waals surface area contributed by atoms with E-state index in [1.807, 2.05) is 55.5 Å². The van der Waals surface area contributed by atoms with Crippen molar-refractivity contribution in [2.45, 2.75) is 20.8 Å². The van der Waals surface area contributed by atoms with Gasteiger partial charge in [-0.1, -0.05) is 24.3 Å². The van der Waals surface area contributed by atoms with Crippen LogP contribution in [0.25, 0.3) is 22.6 Å². The van der Waals surface area contributed by atoms with E-state index in [0.29, 0.717) is 11.5 Å². The van der Waals surface area contributed by atoms with E-state index in [4.69, 9.17) is 16.6 Å². The second kappa shape index (κ2) is 8.08. The highest BCUT2D eigenvalue weighted by Crippen LogP contribution is 2.29. The van der Waals surface area contributed by atoms with Gasteiger partial charge in [0.25, 0.3) is 5.91 Å².